The van der Waals surface area contributed by atoms with Gasteiger partial charge in [0.25, 0.3) is 0 Å². The van der Waals surface area contributed by atoms with E-state index in [0.717, 1.165) is 43.0 Å². The lowest BCUT2D eigenvalue weighted by molar-refractivity contribution is 0.627. The maximum atomic E-state index is 12.8. The smallest absolute Gasteiger partial charge is 0.127 e. The van der Waals surface area contributed by atoms with Crippen LogP contribution in [0.3, 0.4) is 0 Å². The molecule has 20 heavy (non-hydrogen) atoms. The third kappa shape index (κ3) is 4.53. The van der Waals surface area contributed by atoms with Crippen molar-refractivity contribution in [3.63, 3.8) is 0 Å². The molecule has 0 saturated carbocycles. The monoisotopic (exact) mass is 273 g/mol. The number of benzene rings is 1. The van der Waals surface area contributed by atoms with Crippen LogP contribution in [-0.4, -0.2) is 18.1 Å². The van der Waals surface area contributed by atoms with Crippen molar-refractivity contribution < 1.29 is 4.39 Å². The number of rotatable bonds is 7. The first-order valence-corrected chi connectivity index (χ1v) is 6.96. The van der Waals surface area contributed by atoms with Crippen LogP contribution in [0.5, 0.6) is 0 Å². The molecule has 0 unspecified atom stereocenters. The molecule has 1 heterocycles. The predicted molar refractivity (Wildman–Crippen MR) is 81.6 cm³/mol. The Morgan fingerprint density at radius 1 is 1.05 bits per heavy atom. The van der Waals surface area contributed by atoms with Crippen molar-refractivity contribution in [1.29, 1.82) is 0 Å². The molecule has 0 aliphatic carbocycles. The number of pyridine rings is 1. The highest BCUT2D eigenvalue weighted by Gasteiger charge is 1.97. The third-order valence-corrected chi connectivity index (χ3v) is 2.97. The molecule has 0 spiro atoms. The molecule has 4 heteroatoms. The van der Waals surface area contributed by atoms with Crippen molar-refractivity contribution in [3.05, 3.63) is 54.0 Å². The fraction of sp³-hybridized carbons (Fsp3) is 0.312. The SMILES string of the molecule is CCCNc1cc(NCCc2ccc(F)cc2)ccn1. The van der Waals surface area contributed by atoms with E-state index in [4.69, 9.17) is 0 Å². The lowest BCUT2D eigenvalue weighted by Gasteiger charge is -2.09. The lowest BCUT2D eigenvalue weighted by atomic mass is 10.1. The molecule has 0 aliphatic heterocycles. The van der Waals surface area contributed by atoms with Crippen molar-refractivity contribution in [2.45, 2.75) is 19.8 Å². The van der Waals surface area contributed by atoms with E-state index in [9.17, 15) is 4.39 Å². The fourth-order valence-electron chi connectivity index (χ4n) is 1.89. The fourth-order valence-corrected chi connectivity index (χ4v) is 1.89. The Hall–Kier alpha value is -2.10. The second kappa shape index (κ2) is 7.48. The number of aromatic nitrogens is 1. The Morgan fingerprint density at radius 2 is 1.85 bits per heavy atom. The van der Waals surface area contributed by atoms with Crippen LogP contribution >= 0.6 is 0 Å². The van der Waals surface area contributed by atoms with Gasteiger partial charge in [-0.25, -0.2) is 9.37 Å². The molecule has 0 atom stereocenters. The van der Waals surface area contributed by atoms with Gasteiger partial charge in [0.1, 0.15) is 11.6 Å². The Kier molecular flexibility index (Phi) is 5.35. The van der Waals surface area contributed by atoms with E-state index in [2.05, 4.69) is 22.5 Å². The highest BCUT2D eigenvalue weighted by atomic mass is 19.1. The second-order valence-electron chi connectivity index (χ2n) is 4.66. The molecule has 2 rings (SSSR count). The van der Waals surface area contributed by atoms with E-state index in [-0.39, 0.29) is 5.82 Å². The first-order chi connectivity index (χ1) is 9.78. The lowest BCUT2D eigenvalue weighted by Crippen LogP contribution is -2.06. The molecule has 0 fully saturated rings. The summed E-state index contributed by atoms with van der Waals surface area (Å²) in [6.45, 7) is 3.85. The summed E-state index contributed by atoms with van der Waals surface area (Å²) in [6, 6.07) is 10.6. The molecule has 106 valence electrons. The number of halogens is 1. The average molecular weight is 273 g/mol. The van der Waals surface area contributed by atoms with E-state index in [1.54, 1.807) is 6.20 Å². The summed E-state index contributed by atoms with van der Waals surface area (Å²) in [5.74, 6) is 0.695. The largest absolute Gasteiger partial charge is 0.385 e. The van der Waals surface area contributed by atoms with Crippen LogP contribution in [0, 0.1) is 5.82 Å². The van der Waals surface area contributed by atoms with Gasteiger partial charge in [0.15, 0.2) is 0 Å². The Labute approximate surface area is 119 Å². The van der Waals surface area contributed by atoms with Gasteiger partial charge in [-0.1, -0.05) is 19.1 Å². The summed E-state index contributed by atoms with van der Waals surface area (Å²) < 4.78 is 12.8. The molecule has 0 saturated heterocycles. The quantitative estimate of drug-likeness (QED) is 0.807. The summed E-state index contributed by atoms with van der Waals surface area (Å²) in [5, 5.41) is 6.61. The van der Waals surface area contributed by atoms with E-state index < -0.39 is 0 Å². The normalized spacial score (nSPS) is 10.3. The van der Waals surface area contributed by atoms with E-state index in [1.807, 2.05) is 24.3 Å². The molecule has 2 aromatic rings. The van der Waals surface area contributed by atoms with Crippen LogP contribution in [0.4, 0.5) is 15.9 Å². The topological polar surface area (TPSA) is 37.0 Å². The van der Waals surface area contributed by atoms with Gasteiger partial charge < -0.3 is 10.6 Å². The maximum Gasteiger partial charge on any atom is 0.127 e. The highest BCUT2D eigenvalue weighted by molar-refractivity contribution is 5.51. The van der Waals surface area contributed by atoms with Crippen molar-refractivity contribution in [2.24, 2.45) is 0 Å². The van der Waals surface area contributed by atoms with Crippen LogP contribution in [0.25, 0.3) is 0 Å². The first kappa shape index (κ1) is 14.3. The third-order valence-electron chi connectivity index (χ3n) is 2.97. The molecule has 0 amide bonds. The van der Waals surface area contributed by atoms with Crippen LogP contribution in [0.1, 0.15) is 18.9 Å². The molecular formula is C16H20FN3. The number of nitrogens with one attached hydrogen (secondary N) is 2. The zero-order valence-corrected chi connectivity index (χ0v) is 11.7. The first-order valence-electron chi connectivity index (χ1n) is 6.96. The van der Waals surface area contributed by atoms with Gasteiger partial charge in [0, 0.05) is 31.0 Å². The second-order valence-corrected chi connectivity index (χ2v) is 4.66. The summed E-state index contributed by atoms with van der Waals surface area (Å²) in [4.78, 5) is 4.26. The molecule has 0 bridgehead atoms. The number of hydrogen-bond donors (Lipinski definition) is 2. The maximum absolute atomic E-state index is 12.8. The van der Waals surface area contributed by atoms with Crippen LogP contribution < -0.4 is 10.6 Å². The van der Waals surface area contributed by atoms with Crippen LogP contribution in [0.15, 0.2) is 42.6 Å². The minimum atomic E-state index is -0.192. The van der Waals surface area contributed by atoms with Gasteiger partial charge in [-0.3, -0.25) is 0 Å². The Bertz CT molecular complexity index is 526. The Balaban J connectivity index is 1.82. The van der Waals surface area contributed by atoms with Crippen LogP contribution in [-0.2, 0) is 6.42 Å². The minimum absolute atomic E-state index is 0.192. The van der Waals surface area contributed by atoms with Gasteiger partial charge in [-0.2, -0.15) is 0 Å². The molecule has 2 N–H and O–H groups in total. The molecular weight excluding hydrogens is 253 g/mol. The molecule has 3 nitrogen and oxygen atoms in total. The Morgan fingerprint density at radius 3 is 2.60 bits per heavy atom. The summed E-state index contributed by atoms with van der Waals surface area (Å²) in [6.07, 6.45) is 3.72. The summed E-state index contributed by atoms with van der Waals surface area (Å²) in [5.41, 5.74) is 2.16. The van der Waals surface area contributed by atoms with Crippen LogP contribution in [0.2, 0.25) is 0 Å². The number of anilines is 2. The zero-order chi connectivity index (χ0) is 14.2. The van der Waals surface area contributed by atoms with Crippen molar-refractivity contribution in [2.75, 3.05) is 23.7 Å². The van der Waals surface area contributed by atoms with E-state index in [0.29, 0.717) is 0 Å². The predicted octanol–water partition coefficient (Wildman–Crippen LogP) is 3.70. The molecule has 0 aliphatic rings. The number of nitrogens with zero attached hydrogens (tertiary/aromatic N) is 1. The molecule has 1 aromatic heterocycles. The van der Waals surface area contributed by atoms with E-state index in [1.165, 1.54) is 12.1 Å². The zero-order valence-electron chi connectivity index (χ0n) is 11.7. The standard InChI is InChI=1S/C16H20FN3/c1-2-9-19-16-12-15(8-11-20-16)18-10-7-13-3-5-14(17)6-4-13/h3-6,8,11-12H,2,7,9-10H2,1H3,(H2,18,19,20). The number of hydrogen-bond acceptors (Lipinski definition) is 3. The molecule has 1 aromatic carbocycles. The average Bonchev–Trinajstić information content (AvgIpc) is 2.48. The van der Waals surface area contributed by atoms with Crippen molar-refractivity contribution in [1.82, 2.24) is 4.98 Å². The van der Waals surface area contributed by atoms with Crippen molar-refractivity contribution in [3.8, 4) is 0 Å². The van der Waals surface area contributed by atoms with Gasteiger partial charge in [-0.15, -0.1) is 0 Å². The van der Waals surface area contributed by atoms with E-state index >= 15 is 0 Å². The van der Waals surface area contributed by atoms with Crippen molar-refractivity contribution >= 4 is 11.5 Å². The highest BCUT2D eigenvalue weighted by Crippen LogP contribution is 2.12. The minimum Gasteiger partial charge on any atom is -0.385 e. The van der Waals surface area contributed by atoms with Gasteiger partial charge in [0.05, 0.1) is 0 Å². The summed E-state index contributed by atoms with van der Waals surface area (Å²) in [7, 11) is 0. The molecule has 0 radical (unpaired) electrons. The van der Waals surface area contributed by atoms with Gasteiger partial charge in [0.2, 0.25) is 0 Å². The summed E-state index contributed by atoms with van der Waals surface area (Å²) >= 11 is 0. The van der Waals surface area contributed by atoms with Gasteiger partial charge in [-0.05, 0) is 36.6 Å². The van der Waals surface area contributed by atoms with Gasteiger partial charge >= 0.3 is 0 Å².